The molecule has 1 N–H and O–H groups in total. The Morgan fingerprint density at radius 2 is 2.22 bits per heavy atom. The van der Waals surface area contributed by atoms with Crippen LogP contribution in [-0.2, 0) is 9.47 Å². The first-order chi connectivity index (χ1) is 10.9. The van der Waals surface area contributed by atoms with E-state index in [0.29, 0.717) is 6.54 Å². The van der Waals surface area contributed by atoms with Crippen LogP contribution in [0.4, 0.5) is 9.93 Å². The Labute approximate surface area is 141 Å². The number of carbonyl (C=O) groups is 1. The maximum absolute atomic E-state index is 11.5. The van der Waals surface area contributed by atoms with Crippen LogP contribution in [0.3, 0.4) is 0 Å². The fraction of sp³-hybridized carbons (Fsp3) is 0.625. The molecule has 0 unspecified atom stereocenters. The van der Waals surface area contributed by atoms with Gasteiger partial charge in [-0.15, -0.1) is 11.3 Å². The maximum atomic E-state index is 11.5. The van der Waals surface area contributed by atoms with Gasteiger partial charge in [0, 0.05) is 25.0 Å². The molecule has 1 aromatic rings. The highest BCUT2D eigenvalue weighted by Crippen LogP contribution is 2.22. The summed E-state index contributed by atoms with van der Waals surface area (Å²) in [7, 11) is 0. The normalized spacial score (nSPS) is 15.9. The minimum atomic E-state index is -0.462. The number of carbonyl (C=O) groups excluding carboxylic acids is 1. The summed E-state index contributed by atoms with van der Waals surface area (Å²) < 4.78 is 10.5. The van der Waals surface area contributed by atoms with Crippen molar-refractivity contribution in [3.63, 3.8) is 0 Å². The van der Waals surface area contributed by atoms with Gasteiger partial charge in [-0.05, 0) is 33.3 Å². The molecule has 1 amide bonds. The molecule has 1 saturated heterocycles. The summed E-state index contributed by atoms with van der Waals surface area (Å²) in [5.74, 6) is 0. The van der Waals surface area contributed by atoms with Gasteiger partial charge in [-0.2, -0.15) is 0 Å². The van der Waals surface area contributed by atoms with Gasteiger partial charge >= 0.3 is 6.09 Å². The van der Waals surface area contributed by atoms with E-state index in [-0.39, 0.29) is 6.09 Å². The van der Waals surface area contributed by atoms with Crippen LogP contribution < -0.4 is 10.2 Å². The van der Waals surface area contributed by atoms with Crippen molar-refractivity contribution in [2.75, 3.05) is 37.7 Å². The average molecular weight is 339 g/mol. The minimum Gasteiger partial charge on any atom is -0.444 e. The van der Waals surface area contributed by atoms with Gasteiger partial charge in [0.25, 0.3) is 0 Å². The molecule has 1 fully saturated rings. The number of hydrogen-bond acceptors (Lipinski definition) is 6. The lowest BCUT2D eigenvalue weighted by Crippen LogP contribution is -2.36. The number of thiazole rings is 1. The molecule has 2 rings (SSSR count). The van der Waals surface area contributed by atoms with Crippen molar-refractivity contribution in [1.29, 1.82) is 0 Å². The zero-order valence-electron chi connectivity index (χ0n) is 14.0. The quantitative estimate of drug-likeness (QED) is 0.836. The van der Waals surface area contributed by atoms with Gasteiger partial charge in [0.05, 0.1) is 18.9 Å². The highest BCUT2D eigenvalue weighted by molar-refractivity contribution is 7.13. The van der Waals surface area contributed by atoms with E-state index in [2.05, 4.69) is 15.2 Å². The first kappa shape index (κ1) is 17.7. The van der Waals surface area contributed by atoms with Gasteiger partial charge < -0.3 is 19.7 Å². The van der Waals surface area contributed by atoms with Crippen LogP contribution in [0.25, 0.3) is 6.08 Å². The molecule has 7 heteroatoms. The summed E-state index contributed by atoms with van der Waals surface area (Å²) in [6, 6.07) is 0. The number of nitrogens with one attached hydrogen (secondary N) is 1. The number of rotatable bonds is 5. The van der Waals surface area contributed by atoms with Gasteiger partial charge in [0.1, 0.15) is 5.60 Å². The first-order valence-electron chi connectivity index (χ1n) is 7.86. The lowest BCUT2D eigenvalue weighted by atomic mass is 10.2. The Morgan fingerprint density at radius 1 is 1.48 bits per heavy atom. The average Bonchev–Trinajstić information content (AvgIpc) is 2.95. The van der Waals surface area contributed by atoms with Crippen molar-refractivity contribution in [2.45, 2.75) is 32.8 Å². The number of amides is 1. The van der Waals surface area contributed by atoms with E-state index in [0.717, 1.165) is 43.5 Å². The lowest BCUT2D eigenvalue weighted by molar-refractivity contribution is 0.0529. The van der Waals surface area contributed by atoms with E-state index in [1.165, 1.54) is 0 Å². The molecule has 1 aliphatic rings. The van der Waals surface area contributed by atoms with Crippen molar-refractivity contribution in [2.24, 2.45) is 0 Å². The molecule has 0 aromatic carbocycles. The summed E-state index contributed by atoms with van der Waals surface area (Å²) in [4.78, 5) is 18.3. The third kappa shape index (κ3) is 6.58. The molecular formula is C16H25N3O3S. The predicted molar refractivity (Wildman–Crippen MR) is 93.0 cm³/mol. The molecule has 6 nitrogen and oxygen atoms in total. The third-order valence-electron chi connectivity index (χ3n) is 3.06. The molecule has 23 heavy (non-hydrogen) atoms. The number of morpholine rings is 1. The van der Waals surface area contributed by atoms with Gasteiger partial charge in [-0.1, -0.05) is 6.08 Å². The number of hydrogen-bond donors (Lipinski definition) is 1. The molecule has 0 bridgehead atoms. The molecule has 0 spiro atoms. The van der Waals surface area contributed by atoms with E-state index in [1.54, 1.807) is 11.3 Å². The van der Waals surface area contributed by atoms with Crippen LogP contribution in [-0.4, -0.2) is 49.5 Å². The molecule has 0 atom stereocenters. The number of ether oxygens (including phenoxy) is 2. The van der Waals surface area contributed by atoms with Crippen molar-refractivity contribution in [3.8, 4) is 0 Å². The lowest BCUT2D eigenvalue weighted by Gasteiger charge is -2.25. The molecule has 128 valence electrons. The highest BCUT2D eigenvalue weighted by Gasteiger charge is 2.15. The van der Waals surface area contributed by atoms with E-state index < -0.39 is 5.60 Å². The number of aromatic nitrogens is 1. The zero-order chi connectivity index (χ0) is 16.7. The first-order valence-corrected chi connectivity index (χ1v) is 8.73. The fourth-order valence-corrected chi connectivity index (χ4v) is 2.88. The van der Waals surface area contributed by atoms with Gasteiger partial charge in [-0.3, -0.25) is 0 Å². The SMILES string of the molecule is CC(C)(C)OC(=O)NCCC=Cc1csc(N2CCOCC2)n1. The summed E-state index contributed by atoms with van der Waals surface area (Å²) in [6.45, 7) is 9.42. The molecule has 0 aliphatic carbocycles. The van der Waals surface area contributed by atoms with Crippen molar-refractivity contribution >= 4 is 28.6 Å². The molecular weight excluding hydrogens is 314 g/mol. The largest absolute Gasteiger partial charge is 0.444 e. The molecule has 2 heterocycles. The second kappa shape index (κ2) is 8.31. The predicted octanol–water partition coefficient (Wildman–Crippen LogP) is 2.91. The standard InChI is InChI=1S/C16H25N3O3S/c1-16(2,3)22-15(20)17-7-5-4-6-13-12-23-14(18-13)19-8-10-21-11-9-19/h4,6,12H,5,7-11H2,1-3H3,(H,17,20). The highest BCUT2D eigenvalue weighted by atomic mass is 32.1. The summed E-state index contributed by atoms with van der Waals surface area (Å²) in [5, 5.41) is 5.82. The Hall–Kier alpha value is -1.60. The second-order valence-corrected chi connectivity index (χ2v) is 7.11. The van der Waals surface area contributed by atoms with E-state index in [1.807, 2.05) is 38.3 Å². The van der Waals surface area contributed by atoms with Crippen LogP contribution in [0.2, 0.25) is 0 Å². The van der Waals surface area contributed by atoms with E-state index in [9.17, 15) is 4.79 Å². The monoisotopic (exact) mass is 339 g/mol. The summed E-state index contributed by atoms with van der Waals surface area (Å²) in [5.41, 5.74) is 0.491. The number of anilines is 1. The smallest absolute Gasteiger partial charge is 0.407 e. The van der Waals surface area contributed by atoms with Crippen molar-refractivity contribution in [1.82, 2.24) is 10.3 Å². The Bertz CT molecular complexity index is 531. The topological polar surface area (TPSA) is 63.7 Å². The van der Waals surface area contributed by atoms with Crippen LogP contribution in [0, 0.1) is 0 Å². The fourth-order valence-electron chi connectivity index (χ4n) is 2.03. The van der Waals surface area contributed by atoms with E-state index in [4.69, 9.17) is 9.47 Å². The number of nitrogens with zero attached hydrogens (tertiary/aromatic N) is 2. The van der Waals surface area contributed by atoms with Crippen LogP contribution in [0.5, 0.6) is 0 Å². The van der Waals surface area contributed by atoms with Gasteiger partial charge in [-0.25, -0.2) is 9.78 Å². The molecule has 1 aliphatic heterocycles. The summed E-state index contributed by atoms with van der Waals surface area (Å²) in [6.07, 6.45) is 4.35. The maximum Gasteiger partial charge on any atom is 0.407 e. The van der Waals surface area contributed by atoms with E-state index >= 15 is 0 Å². The Morgan fingerprint density at radius 3 is 2.91 bits per heavy atom. The molecule has 1 aromatic heterocycles. The van der Waals surface area contributed by atoms with Crippen LogP contribution in [0.1, 0.15) is 32.9 Å². The minimum absolute atomic E-state index is 0.380. The van der Waals surface area contributed by atoms with Gasteiger partial charge in [0.15, 0.2) is 5.13 Å². The zero-order valence-corrected chi connectivity index (χ0v) is 14.8. The Balaban J connectivity index is 1.69. The molecule has 0 saturated carbocycles. The second-order valence-electron chi connectivity index (χ2n) is 6.27. The summed E-state index contributed by atoms with van der Waals surface area (Å²) >= 11 is 1.65. The van der Waals surface area contributed by atoms with Gasteiger partial charge in [0.2, 0.25) is 0 Å². The molecule has 0 radical (unpaired) electrons. The van der Waals surface area contributed by atoms with Crippen LogP contribution >= 0.6 is 11.3 Å². The Kier molecular flexibility index (Phi) is 6.41. The van der Waals surface area contributed by atoms with Crippen molar-refractivity contribution in [3.05, 3.63) is 17.2 Å². The van der Waals surface area contributed by atoms with Crippen molar-refractivity contribution < 1.29 is 14.3 Å². The third-order valence-corrected chi connectivity index (χ3v) is 3.98. The van der Waals surface area contributed by atoms with Crippen LogP contribution in [0.15, 0.2) is 11.5 Å². The number of alkyl carbamates (subject to hydrolysis) is 1.